The van der Waals surface area contributed by atoms with Gasteiger partial charge in [0.25, 0.3) is 11.8 Å². The molecule has 6 heterocycles. The molecule has 0 aliphatic carbocycles. The molecule has 3 aromatic heterocycles. The molecule has 6 bridgehead atoms. The van der Waals surface area contributed by atoms with Gasteiger partial charge < -0.3 is 34.1 Å². The molecule has 5 amide bonds. The summed E-state index contributed by atoms with van der Waals surface area (Å²) in [6.45, 7) is 16.3. The Morgan fingerprint density at radius 2 is 1.89 bits per heavy atom. The molecule has 66 heavy (non-hydrogen) atoms. The predicted molar refractivity (Wildman–Crippen MR) is 249 cm³/mol. The molecule has 0 unspecified atom stereocenters. The lowest BCUT2D eigenvalue weighted by molar-refractivity contribution is -0.155. The third kappa shape index (κ3) is 9.72. The summed E-state index contributed by atoms with van der Waals surface area (Å²) in [6, 6.07) is 6.52. The number of carbonyl (C=O) groups is 5. The maximum atomic E-state index is 14.6. The van der Waals surface area contributed by atoms with Crippen LogP contribution in [0.3, 0.4) is 0 Å². The highest BCUT2D eigenvalue weighted by molar-refractivity contribution is 7.10. The van der Waals surface area contributed by atoms with Crippen molar-refractivity contribution in [1.82, 2.24) is 45.0 Å². The van der Waals surface area contributed by atoms with Gasteiger partial charge in [-0.3, -0.25) is 29.2 Å². The topological polar surface area (TPSA) is 172 Å². The fourth-order valence-electron chi connectivity index (χ4n) is 9.31. The Hall–Kier alpha value is -5.72. The van der Waals surface area contributed by atoms with E-state index in [0.29, 0.717) is 36.5 Å². The van der Waals surface area contributed by atoms with Crippen LogP contribution in [0.1, 0.15) is 76.8 Å². The maximum absolute atomic E-state index is 14.6. The number of nitrogens with zero attached hydrogens (tertiary/aromatic N) is 7. The number of aromatic nitrogens is 3. The number of benzene rings is 1. The van der Waals surface area contributed by atoms with E-state index in [4.69, 9.17) is 19.4 Å². The number of amides is 5. The maximum Gasteiger partial charge on any atom is 0.324 e. The molecule has 2 fully saturated rings. The van der Waals surface area contributed by atoms with Crippen LogP contribution in [0.15, 0.2) is 54.3 Å². The molecular formula is C48H62FN9O7S. The first kappa shape index (κ1) is 48.2. The number of rotatable bonds is 10. The number of hydrazine groups is 1. The Bertz CT molecular complexity index is 2520. The first-order chi connectivity index (χ1) is 31.3. The number of fused-ring (bicyclic) bond motifs is 6. The van der Waals surface area contributed by atoms with Gasteiger partial charge in [0.05, 0.1) is 40.8 Å². The van der Waals surface area contributed by atoms with Crippen molar-refractivity contribution in [2.24, 2.45) is 11.3 Å². The normalized spacial score (nSPS) is 20.0. The number of urea groups is 1. The highest BCUT2D eigenvalue weighted by atomic mass is 32.1. The molecule has 7 rings (SSSR count). The first-order valence-corrected chi connectivity index (χ1v) is 23.5. The number of halogens is 1. The summed E-state index contributed by atoms with van der Waals surface area (Å²) in [4.78, 5) is 82.6. The number of carbonyl (C=O) groups excluding carboxylic acids is 5. The number of cyclic esters (lactones) is 1. The van der Waals surface area contributed by atoms with Crippen LogP contribution in [-0.2, 0) is 48.0 Å². The van der Waals surface area contributed by atoms with Gasteiger partial charge in [-0.2, -0.15) is 0 Å². The molecule has 1 aromatic carbocycles. The predicted octanol–water partition coefficient (Wildman–Crippen LogP) is 5.90. The largest absolute Gasteiger partial charge is 0.464 e. The summed E-state index contributed by atoms with van der Waals surface area (Å²) in [6.07, 6.45) is 3.07. The Kier molecular flexibility index (Phi) is 14.3. The number of likely N-dealkylation sites (N-methyl/N-ethyl adjacent to an activating group) is 2. The van der Waals surface area contributed by atoms with Gasteiger partial charge in [-0.1, -0.05) is 40.3 Å². The zero-order chi connectivity index (χ0) is 47.8. The first-order valence-electron chi connectivity index (χ1n) is 22.6. The number of likely N-dealkylation sites (tertiary alicyclic amines) is 1. The molecule has 4 aromatic rings. The zero-order valence-corrected chi connectivity index (χ0v) is 40.2. The van der Waals surface area contributed by atoms with Crippen LogP contribution >= 0.6 is 11.3 Å². The standard InChI is InChI=1S/C48H62FN9O7S/c1-11-57-38-17-16-30-20-33(38)34(42(57)32-14-12-18-50-40(32)29(5)64-10)22-48(6,7)26-65-46(62)35-15-13-19-58(53-35)45(61)36(21-39-51-37(30)25-66-39)52-43(59)41(27(2)3)55(9)47(63)54(8)31-23-56(24-31)44(60)28(4)49/h12,14,16-18,20,25,27,29,31,35-36,41,53H,4,11,13,15,19,21-24,26H2,1-3,5-10H3,(H,52,59)/t29-,35-,36-,41-/m0/s1. The Balaban J connectivity index is 1.24. The second-order valence-electron chi connectivity index (χ2n) is 18.7. The third-order valence-corrected chi connectivity index (χ3v) is 13.9. The number of thiazole rings is 1. The minimum Gasteiger partial charge on any atom is -0.464 e. The second-order valence-corrected chi connectivity index (χ2v) is 19.7. The SMILES string of the molecule is C=C(F)C(=O)N1CC(N(C)C(=O)N(C)[C@H](C(=O)N[C@H]2Cc3nc(cs3)-c3ccc4c(c3)c(c(-c3cccnc3[C@H](C)OC)n4CC)CC(C)(C)COC(=O)[C@@H]3CCCN(N3)C2=O)C(C)C)C1. The average Bonchev–Trinajstić information content (AvgIpc) is 3.87. The summed E-state index contributed by atoms with van der Waals surface area (Å²) in [5.74, 6) is -3.76. The Morgan fingerprint density at radius 3 is 2.58 bits per heavy atom. The smallest absolute Gasteiger partial charge is 0.324 e. The highest BCUT2D eigenvalue weighted by Gasteiger charge is 2.41. The van der Waals surface area contributed by atoms with Crippen molar-refractivity contribution in [2.45, 2.75) is 104 Å². The lowest BCUT2D eigenvalue weighted by Crippen LogP contribution is -2.65. The summed E-state index contributed by atoms with van der Waals surface area (Å²) in [7, 11) is 4.76. The van der Waals surface area contributed by atoms with Gasteiger partial charge in [0.1, 0.15) is 18.1 Å². The average molecular weight is 928 g/mol. The summed E-state index contributed by atoms with van der Waals surface area (Å²) in [5, 5.41) is 7.95. The van der Waals surface area contributed by atoms with Crippen molar-refractivity contribution < 1.29 is 37.8 Å². The Labute approximate surface area is 389 Å². The van der Waals surface area contributed by atoms with E-state index < -0.39 is 65.1 Å². The van der Waals surface area contributed by atoms with Crippen molar-refractivity contribution >= 4 is 52.0 Å². The molecule has 0 saturated carbocycles. The highest BCUT2D eigenvalue weighted by Crippen LogP contribution is 2.42. The molecule has 2 N–H and O–H groups in total. The van der Waals surface area contributed by atoms with Crippen LogP contribution in [0.25, 0.3) is 33.4 Å². The molecule has 18 heteroatoms. The molecule has 0 spiro atoms. The van der Waals surface area contributed by atoms with Crippen molar-refractivity contribution in [1.29, 1.82) is 0 Å². The van der Waals surface area contributed by atoms with Gasteiger partial charge in [-0.15, -0.1) is 11.3 Å². The van der Waals surface area contributed by atoms with E-state index in [2.05, 4.69) is 60.9 Å². The van der Waals surface area contributed by atoms with Crippen LogP contribution in [-0.4, -0.2) is 136 Å². The van der Waals surface area contributed by atoms with Gasteiger partial charge in [0.15, 0.2) is 5.83 Å². The molecular weight excluding hydrogens is 866 g/mol. The minimum atomic E-state index is -1.13. The fourth-order valence-corrected chi connectivity index (χ4v) is 10.2. The monoisotopic (exact) mass is 927 g/mol. The summed E-state index contributed by atoms with van der Waals surface area (Å²) >= 11 is 1.38. The van der Waals surface area contributed by atoms with Crippen LogP contribution in [0.4, 0.5) is 9.18 Å². The fraction of sp³-hybridized carbons (Fsp3) is 0.521. The van der Waals surface area contributed by atoms with Gasteiger partial charge in [0.2, 0.25) is 5.91 Å². The second kappa shape index (κ2) is 19.6. The summed E-state index contributed by atoms with van der Waals surface area (Å²) in [5.41, 5.74) is 9.10. The number of nitrogens with one attached hydrogen (secondary N) is 2. The lowest BCUT2D eigenvalue weighted by atomic mass is 9.84. The van der Waals surface area contributed by atoms with Crippen molar-refractivity contribution in [3.63, 3.8) is 0 Å². The number of ether oxygens (including phenoxy) is 2. The van der Waals surface area contributed by atoms with Gasteiger partial charge in [-0.05, 0) is 68.9 Å². The van der Waals surface area contributed by atoms with E-state index in [1.807, 2.05) is 38.3 Å². The van der Waals surface area contributed by atoms with E-state index in [0.717, 1.165) is 39.0 Å². The molecule has 2 saturated heterocycles. The van der Waals surface area contributed by atoms with Crippen molar-refractivity contribution in [2.75, 3.05) is 47.4 Å². The summed E-state index contributed by atoms with van der Waals surface area (Å²) < 4.78 is 27.7. The molecule has 4 atom stereocenters. The minimum absolute atomic E-state index is 0.0379. The van der Waals surface area contributed by atoms with Crippen LogP contribution in [0.5, 0.6) is 0 Å². The van der Waals surface area contributed by atoms with Crippen LogP contribution in [0, 0.1) is 11.3 Å². The van der Waals surface area contributed by atoms with Gasteiger partial charge >= 0.3 is 12.0 Å². The van der Waals surface area contributed by atoms with E-state index in [1.54, 1.807) is 20.4 Å². The number of hydrogen-bond acceptors (Lipinski definition) is 11. The number of aryl methyl sites for hydroxylation is 1. The molecule has 354 valence electrons. The number of esters is 1. The van der Waals surface area contributed by atoms with Gasteiger partial charge in [0, 0.05) is 92.8 Å². The number of methoxy groups -OCH3 is 1. The quantitative estimate of drug-likeness (QED) is 0.144. The van der Waals surface area contributed by atoms with Crippen LogP contribution < -0.4 is 10.7 Å². The lowest BCUT2D eigenvalue weighted by Gasteiger charge is -2.45. The van der Waals surface area contributed by atoms with E-state index >= 15 is 0 Å². The molecule has 0 radical (unpaired) electrons. The van der Waals surface area contributed by atoms with E-state index in [-0.39, 0.29) is 44.7 Å². The van der Waals surface area contributed by atoms with E-state index in [1.165, 1.54) is 38.1 Å². The van der Waals surface area contributed by atoms with Gasteiger partial charge in [-0.25, -0.2) is 19.6 Å². The van der Waals surface area contributed by atoms with Crippen molar-refractivity contribution in [3.05, 3.63) is 70.6 Å². The van der Waals surface area contributed by atoms with Crippen molar-refractivity contribution in [3.8, 4) is 22.5 Å². The van der Waals surface area contributed by atoms with E-state index in [9.17, 15) is 28.4 Å². The van der Waals surface area contributed by atoms with Crippen LogP contribution in [0.2, 0.25) is 0 Å². The number of pyridine rings is 1. The molecule has 3 aliphatic rings. The zero-order valence-electron chi connectivity index (χ0n) is 39.4. The molecule has 3 aliphatic heterocycles. The third-order valence-electron chi connectivity index (χ3n) is 13.0. The number of hydrogen-bond donors (Lipinski definition) is 2. The Morgan fingerprint density at radius 1 is 1.15 bits per heavy atom. The molecule has 16 nitrogen and oxygen atoms in total.